The van der Waals surface area contributed by atoms with E-state index in [1.54, 1.807) is 0 Å². The second kappa shape index (κ2) is 7.39. The lowest BCUT2D eigenvalue weighted by molar-refractivity contribution is 0.254. The molecule has 1 unspecified atom stereocenters. The van der Waals surface area contributed by atoms with Gasteiger partial charge in [-0.05, 0) is 49.9 Å². The maximum atomic E-state index is 12.9. The summed E-state index contributed by atoms with van der Waals surface area (Å²) in [6.45, 7) is 4.41. The van der Waals surface area contributed by atoms with Crippen molar-refractivity contribution in [1.82, 2.24) is 9.73 Å². The summed E-state index contributed by atoms with van der Waals surface area (Å²) in [5.74, 6) is 0.614. The quantitative estimate of drug-likeness (QED) is 0.632. The molecule has 0 radical (unpaired) electrons. The molecular formula is C19H27N5OS. The van der Waals surface area contributed by atoms with Gasteiger partial charge in [-0.1, -0.05) is 19.3 Å². The molecule has 1 atom stereocenters. The largest absolute Gasteiger partial charge is 0.384 e. The van der Waals surface area contributed by atoms with Gasteiger partial charge in [-0.25, -0.2) is 9.22 Å². The number of anilines is 1. The van der Waals surface area contributed by atoms with Crippen LogP contribution in [0.5, 0.6) is 0 Å². The molecule has 0 bridgehead atoms. The molecule has 0 aromatic heterocycles. The van der Waals surface area contributed by atoms with Crippen molar-refractivity contribution in [3.8, 4) is 0 Å². The summed E-state index contributed by atoms with van der Waals surface area (Å²) in [5, 5.41) is 9.85. The molecule has 1 spiro atoms. The Bertz CT molecular complexity index is 754. The maximum Gasteiger partial charge on any atom is 0.227 e. The van der Waals surface area contributed by atoms with Crippen LogP contribution in [-0.2, 0) is 17.4 Å². The SMILES string of the molecule is CCN=C(NS(=O)c1ccc2c(c1)CCN2)N1CC2(C=N1)CCCCC2. The Labute approximate surface area is 157 Å². The molecule has 2 N–H and O–H groups in total. The van der Waals surface area contributed by atoms with Crippen molar-refractivity contribution in [2.75, 3.05) is 25.0 Å². The number of fused-ring (bicyclic) bond motifs is 1. The van der Waals surface area contributed by atoms with Crippen molar-refractivity contribution < 1.29 is 4.21 Å². The minimum Gasteiger partial charge on any atom is -0.384 e. The van der Waals surface area contributed by atoms with Crippen LogP contribution in [0.2, 0.25) is 0 Å². The number of nitrogens with zero attached hydrogens (tertiary/aromatic N) is 3. The molecule has 2 aliphatic heterocycles. The normalized spacial score (nSPS) is 22.3. The van der Waals surface area contributed by atoms with E-state index in [1.807, 2.05) is 30.1 Å². The molecule has 1 aromatic rings. The zero-order chi connectivity index (χ0) is 18.0. The lowest BCUT2D eigenvalue weighted by atomic mass is 9.75. The molecule has 1 saturated carbocycles. The number of rotatable bonds is 3. The fourth-order valence-corrected chi connectivity index (χ4v) is 4.99. The predicted molar refractivity (Wildman–Crippen MR) is 107 cm³/mol. The summed E-state index contributed by atoms with van der Waals surface area (Å²) in [7, 11) is -1.34. The average molecular weight is 374 g/mol. The first-order valence-corrected chi connectivity index (χ1v) is 10.8. The van der Waals surface area contributed by atoms with Gasteiger partial charge in [0.15, 0.2) is 11.0 Å². The molecule has 26 heavy (non-hydrogen) atoms. The molecule has 6 nitrogen and oxygen atoms in total. The van der Waals surface area contributed by atoms with Crippen molar-refractivity contribution in [1.29, 1.82) is 0 Å². The van der Waals surface area contributed by atoms with Gasteiger partial charge in [-0.15, -0.1) is 0 Å². The molecular weight excluding hydrogens is 346 g/mol. The van der Waals surface area contributed by atoms with E-state index in [0.29, 0.717) is 12.5 Å². The Morgan fingerprint density at radius 2 is 2.23 bits per heavy atom. The van der Waals surface area contributed by atoms with E-state index in [2.05, 4.69) is 26.3 Å². The number of hydrazone groups is 1. The molecule has 1 aromatic carbocycles. The van der Waals surface area contributed by atoms with E-state index in [0.717, 1.165) is 30.1 Å². The average Bonchev–Trinajstić information content (AvgIpc) is 3.28. The number of benzene rings is 1. The standard InChI is InChI=1S/C19H27N5OS/c1-2-20-18(24-14-19(13-22-24)9-4-3-5-10-19)23-26(25)16-6-7-17-15(12-16)8-11-21-17/h6-7,12-13,21H,2-5,8-11,14H2,1H3,(H,20,23). The highest BCUT2D eigenvalue weighted by Gasteiger charge is 2.38. The van der Waals surface area contributed by atoms with Crippen LogP contribution in [0.25, 0.3) is 0 Å². The molecule has 0 saturated heterocycles. The van der Waals surface area contributed by atoms with Crippen molar-refractivity contribution in [3.63, 3.8) is 0 Å². The van der Waals surface area contributed by atoms with Crippen LogP contribution < -0.4 is 10.0 Å². The van der Waals surface area contributed by atoms with Crippen LogP contribution in [0.3, 0.4) is 0 Å². The van der Waals surface area contributed by atoms with E-state index in [9.17, 15) is 4.21 Å². The van der Waals surface area contributed by atoms with Gasteiger partial charge in [0.25, 0.3) is 0 Å². The van der Waals surface area contributed by atoms with Crippen molar-refractivity contribution in [2.45, 2.75) is 50.3 Å². The summed E-state index contributed by atoms with van der Waals surface area (Å²) in [4.78, 5) is 5.32. The maximum absolute atomic E-state index is 12.9. The van der Waals surface area contributed by atoms with Gasteiger partial charge >= 0.3 is 0 Å². The van der Waals surface area contributed by atoms with E-state index in [-0.39, 0.29) is 5.41 Å². The minimum atomic E-state index is -1.34. The highest BCUT2D eigenvalue weighted by atomic mass is 32.2. The molecule has 1 aliphatic carbocycles. The number of guanidine groups is 1. The van der Waals surface area contributed by atoms with Gasteiger partial charge in [0, 0.05) is 30.4 Å². The molecule has 0 amide bonds. The first-order valence-electron chi connectivity index (χ1n) is 9.61. The third-order valence-corrected chi connectivity index (χ3v) is 6.57. The van der Waals surface area contributed by atoms with E-state index in [4.69, 9.17) is 0 Å². The Kier molecular flexibility index (Phi) is 4.98. The van der Waals surface area contributed by atoms with Crippen LogP contribution in [0.4, 0.5) is 5.69 Å². The molecule has 140 valence electrons. The molecule has 7 heteroatoms. The van der Waals surface area contributed by atoms with Crippen LogP contribution in [0, 0.1) is 5.41 Å². The Balaban J connectivity index is 1.47. The smallest absolute Gasteiger partial charge is 0.227 e. The fraction of sp³-hybridized carbons (Fsp3) is 0.579. The summed E-state index contributed by atoms with van der Waals surface area (Å²) < 4.78 is 16.0. The van der Waals surface area contributed by atoms with Crippen molar-refractivity contribution >= 4 is 28.8 Å². The Morgan fingerprint density at radius 1 is 1.38 bits per heavy atom. The second-order valence-corrected chi connectivity index (χ2v) is 8.60. The zero-order valence-electron chi connectivity index (χ0n) is 15.3. The van der Waals surface area contributed by atoms with Gasteiger partial charge in [0.2, 0.25) is 5.96 Å². The minimum absolute atomic E-state index is 0.176. The monoisotopic (exact) mass is 373 g/mol. The number of hydrogen-bond donors (Lipinski definition) is 2. The second-order valence-electron chi connectivity index (χ2n) is 7.39. The third kappa shape index (κ3) is 3.49. The van der Waals surface area contributed by atoms with Gasteiger partial charge in [-0.3, -0.25) is 9.71 Å². The first kappa shape index (κ1) is 17.5. The molecule has 4 rings (SSSR count). The Morgan fingerprint density at radius 3 is 3.04 bits per heavy atom. The number of nitrogens with one attached hydrogen (secondary N) is 2. The highest BCUT2D eigenvalue weighted by Crippen LogP contribution is 2.38. The van der Waals surface area contributed by atoms with Gasteiger partial charge in [0.1, 0.15) is 0 Å². The van der Waals surface area contributed by atoms with Gasteiger partial charge in [-0.2, -0.15) is 5.10 Å². The van der Waals surface area contributed by atoms with Crippen molar-refractivity contribution in [3.05, 3.63) is 23.8 Å². The van der Waals surface area contributed by atoms with E-state index >= 15 is 0 Å². The van der Waals surface area contributed by atoms with E-state index < -0.39 is 11.0 Å². The predicted octanol–water partition coefficient (Wildman–Crippen LogP) is 2.89. The lowest BCUT2D eigenvalue weighted by Gasteiger charge is -2.31. The van der Waals surface area contributed by atoms with Crippen LogP contribution >= 0.6 is 0 Å². The third-order valence-electron chi connectivity index (χ3n) is 5.52. The highest BCUT2D eigenvalue weighted by molar-refractivity contribution is 7.83. The summed E-state index contributed by atoms with van der Waals surface area (Å²) >= 11 is 0. The summed E-state index contributed by atoms with van der Waals surface area (Å²) in [5.41, 5.74) is 2.55. The fourth-order valence-electron chi connectivity index (χ4n) is 4.10. The number of hydrogen-bond acceptors (Lipinski definition) is 4. The molecule has 1 fully saturated rings. The molecule has 2 heterocycles. The van der Waals surface area contributed by atoms with Gasteiger partial charge < -0.3 is 5.32 Å². The summed E-state index contributed by atoms with van der Waals surface area (Å²) in [6, 6.07) is 5.95. The molecule has 3 aliphatic rings. The summed E-state index contributed by atoms with van der Waals surface area (Å²) in [6.07, 6.45) is 9.31. The van der Waals surface area contributed by atoms with Crippen LogP contribution in [-0.4, -0.2) is 41.0 Å². The zero-order valence-corrected chi connectivity index (χ0v) is 16.1. The number of aliphatic imine (C=N–C) groups is 1. The first-order chi connectivity index (χ1) is 12.7. The van der Waals surface area contributed by atoms with Crippen LogP contribution in [0.1, 0.15) is 44.6 Å². The topological polar surface area (TPSA) is 69.1 Å². The van der Waals surface area contributed by atoms with Crippen molar-refractivity contribution in [2.24, 2.45) is 15.5 Å². The lowest BCUT2D eigenvalue weighted by Crippen LogP contribution is -2.42. The van der Waals surface area contributed by atoms with E-state index in [1.165, 1.54) is 37.7 Å². The Hall–Kier alpha value is -1.89. The van der Waals surface area contributed by atoms with Crippen LogP contribution in [0.15, 0.2) is 33.2 Å². The van der Waals surface area contributed by atoms with Gasteiger partial charge in [0.05, 0.1) is 11.4 Å².